The van der Waals surface area contributed by atoms with Crippen molar-refractivity contribution in [1.29, 1.82) is 0 Å². The lowest BCUT2D eigenvalue weighted by molar-refractivity contribution is 0.250. The second-order valence-corrected chi connectivity index (χ2v) is 4.09. The standard InChI is InChI=1S/C7H6BrN3O.C3H8/c8-5-1-4-2-10-7(12)11-6(4)9-3-5;1-3-2/h1,3H,2H2,(H2,9,10,11,12);3H2,1-2H3. The molecule has 0 saturated heterocycles. The summed E-state index contributed by atoms with van der Waals surface area (Å²) >= 11 is 3.30. The first-order valence-corrected chi connectivity index (χ1v) is 5.66. The van der Waals surface area contributed by atoms with E-state index in [0.29, 0.717) is 12.4 Å². The van der Waals surface area contributed by atoms with Crippen LogP contribution in [0.3, 0.4) is 0 Å². The molecule has 2 N–H and O–H groups in total. The molecule has 1 aliphatic rings. The van der Waals surface area contributed by atoms with Gasteiger partial charge in [-0.1, -0.05) is 20.3 Å². The van der Waals surface area contributed by atoms with Crippen LogP contribution in [-0.2, 0) is 6.54 Å². The molecular formula is C10H14BrN3O. The molecule has 2 heterocycles. The number of hydrogen-bond donors (Lipinski definition) is 2. The summed E-state index contributed by atoms with van der Waals surface area (Å²) < 4.78 is 0.916. The lowest BCUT2D eigenvalue weighted by Gasteiger charge is -2.16. The Balaban J connectivity index is 0.000000337. The fraction of sp³-hybridized carbons (Fsp3) is 0.400. The highest BCUT2D eigenvalue weighted by Gasteiger charge is 2.14. The molecule has 0 saturated carbocycles. The minimum Gasteiger partial charge on any atom is -0.334 e. The maximum absolute atomic E-state index is 10.8. The molecule has 0 bridgehead atoms. The van der Waals surface area contributed by atoms with Crippen molar-refractivity contribution in [2.24, 2.45) is 0 Å². The van der Waals surface area contributed by atoms with Gasteiger partial charge in [0.2, 0.25) is 0 Å². The molecule has 0 radical (unpaired) electrons. The zero-order chi connectivity index (χ0) is 11.3. The van der Waals surface area contributed by atoms with Crippen molar-refractivity contribution in [3.05, 3.63) is 22.3 Å². The van der Waals surface area contributed by atoms with Crippen LogP contribution in [0.25, 0.3) is 0 Å². The van der Waals surface area contributed by atoms with Gasteiger partial charge in [-0.25, -0.2) is 9.78 Å². The molecule has 1 aromatic heterocycles. The summed E-state index contributed by atoms with van der Waals surface area (Å²) in [7, 11) is 0. The van der Waals surface area contributed by atoms with Gasteiger partial charge in [-0.2, -0.15) is 0 Å². The number of rotatable bonds is 0. The van der Waals surface area contributed by atoms with Gasteiger partial charge in [-0.3, -0.25) is 5.32 Å². The Labute approximate surface area is 97.6 Å². The van der Waals surface area contributed by atoms with Crippen LogP contribution in [0.5, 0.6) is 0 Å². The van der Waals surface area contributed by atoms with Gasteiger partial charge >= 0.3 is 6.03 Å². The average molecular weight is 272 g/mol. The van der Waals surface area contributed by atoms with E-state index in [1.54, 1.807) is 6.20 Å². The number of pyridine rings is 1. The topological polar surface area (TPSA) is 54.0 Å². The van der Waals surface area contributed by atoms with E-state index >= 15 is 0 Å². The highest BCUT2D eigenvalue weighted by atomic mass is 79.9. The third kappa shape index (κ3) is 3.51. The highest BCUT2D eigenvalue weighted by molar-refractivity contribution is 9.10. The molecular weight excluding hydrogens is 258 g/mol. The predicted octanol–water partition coefficient (Wildman–Crippen LogP) is 2.90. The molecule has 0 spiro atoms. The number of aromatic nitrogens is 1. The molecule has 1 aromatic rings. The smallest absolute Gasteiger partial charge is 0.320 e. The Morgan fingerprint density at radius 1 is 1.53 bits per heavy atom. The van der Waals surface area contributed by atoms with E-state index in [2.05, 4.69) is 45.4 Å². The van der Waals surface area contributed by atoms with Gasteiger partial charge in [-0.05, 0) is 22.0 Å². The molecule has 2 rings (SSSR count). The van der Waals surface area contributed by atoms with E-state index in [9.17, 15) is 4.79 Å². The molecule has 1 aliphatic heterocycles. The number of anilines is 1. The summed E-state index contributed by atoms with van der Waals surface area (Å²) in [6, 6.07) is 1.73. The van der Waals surface area contributed by atoms with Crippen LogP contribution in [0.2, 0.25) is 0 Å². The summed E-state index contributed by atoms with van der Waals surface area (Å²) in [6.45, 7) is 4.79. The molecule has 0 fully saturated rings. The summed E-state index contributed by atoms with van der Waals surface area (Å²) in [6.07, 6.45) is 2.91. The van der Waals surface area contributed by atoms with Crippen LogP contribution in [0.15, 0.2) is 16.7 Å². The first-order valence-electron chi connectivity index (χ1n) is 4.86. The van der Waals surface area contributed by atoms with Gasteiger partial charge in [0.25, 0.3) is 0 Å². The minimum atomic E-state index is -0.197. The summed E-state index contributed by atoms with van der Waals surface area (Å²) in [5, 5.41) is 5.26. The molecule has 0 atom stereocenters. The van der Waals surface area contributed by atoms with Crippen molar-refractivity contribution in [3.63, 3.8) is 0 Å². The lowest BCUT2D eigenvalue weighted by Crippen LogP contribution is -2.33. The SMILES string of the molecule is CCC.O=C1NCc2cc(Br)cnc2N1. The number of nitrogens with zero attached hydrogens (tertiary/aromatic N) is 1. The van der Waals surface area contributed by atoms with Crippen LogP contribution in [0.4, 0.5) is 10.6 Å². The number of carbonyl (C=O) groups excluding carboxylic acids is 1. The maximum Gasteiger partial charge on any atom is 0.320 e. The van der Waals surface area contributed by atoms with Crippen LogP contribution in [0.1, 0.15) is 25.8 Å². The molecule has 15 heavy (non-hydrogen) atoms. The maximum atomic E-state index is 10.8. The molecule has 0 unspecified atom stereocenters. The molecule has 4 nitrogen and oxygen atoms in total. The molecule has 5 heteroatoms. The van der Waals surface area contributed by atoms with Crippen molar-refractivity contribution < 1.29 is 4.79 Å². The van der Waals surface area contributed by atoms with E-state index in [1.807, 2.05) is 6.07 Å². The Kier molecular flexibility index (Phi) is 4.55. The zero-order valence-electron chi connectivity index (χ0n) is 8.80. The van der Waals surface area contributed by atoms with Crippen molar-refractivity contribution in [2.45, 2.75) is 26.8 Å². The van der Waals surface area contributed by atoms with Gasteiger partial charge in [0.05, 0.1) is 0 Å². The van der Waals surface area contributed by atoms with E-state index in [-0.39, 0.29) is 6.03 Å². The fourth-order valence-corrected chi connectivity index (χ4v) is 1.43. The monoisotopic (exact) mass is 271 g/mol. The minimum absolute atomic E-state index is 0.197. The number of fused-ring (bicyclic) bond motifs is 1. The van der Waals surface area contributed by atoms with Crippen molar-refractivity contribution in [2.75, 3.05) is 5.32 Å². The van der Waals surface area contributed by atoms with Crippen molar-refractivity contribution in [3.8, 4) is 0 Å². The summed E-state index contributed by atoms with van der Waals surface area (Å²) in [4.78, 5) is 14.9. The van der Waals surface area contributed by atoms with Crippen LogP contribution >= 0.6 is 15.9 Å². The highest BCUT2D eigenvalue weighted by Crippen LogP contribution is 2.19. The fourth-order valence-electron chi connectivity index (χ4n) is 1.06. The second-order valence-electron chi connectivity index (χ2n) is 3.18. The Morgan fingerprint density at radius 3 is 2.87 bits per heavy atom. The van der Waals surface area contributed by atoms with Crippen LogP contribution in [0, 0.1) is 0 Å². The van der Waals surface area contributed by atoms with Crippen molar-refractivity contribution >= 4 is 27.8 Å². The second kappa shape index (κ2) is 5.70. The number of carbonyl (C=O) groups is 1. The van der Waals surface area contributed by atoms with Gasteiger partial charge < -0.3 is 5.32 Å². The van der Waals surface area contributed by atoms with Gasteiger partial charge in [0.1, 0.15) is 5.82 Å². The first-order chi connectivity index (χ1) is 7.17. The summed E-state index contributed by atoms with van der Waals surface area (Å²) in [5.41, 5.74) is 0.990. The van der Waals surface area contributed by atoms with E-state index in [1.165, 1.54) is 6.42 Å². The first kappa shape index (κ1) is 12.0. The third-order valence-corrected chi connectivity index (χ3v) is 2.04. The molecule has 2 amide bonds. The average Bonchev–Trinajstić information content (AvgIpc) is 2.20. The predicted molar refractivity (Wildman–Crippen MR) is 63.8 cm³/mol. The Morgan fingerprint density at radius 2 is 2.20 bits per heavy atom. The van der Waals surface area contributed by atoms with Gasteiger partial charge in [0.15, 0.2) is 0 Å². The third-order valence-electron chi connectivity index (χ3n) is 1.60. The van der Waals surface area contributed by atoms with E-state index in [4.69, 9.17) is 0 Å². The van der Waals surface area contributed by atoms with Gasteiger partial charge in [-0.15, -0.1) is 0 Å². The van der Waals surface area contributed by atoms with Crippen molar-refractivity contribution in [1.82, 2.24) is 10.3 Å². The lowest BCUT2D eigenvalue weighted by atomic mass is 10.2. The molecule has 0 aromatic carbocycles. The number of hydrogen-bond acceptors (Lipinski definition) is 2. The molecule has 82 valence electrons. The quantitative estimate of drug-likeness (QED) is 0.763. The normalized spacial score (nSPS) is 12.9. The molecule has 0 aliphatic carbocycles. The van der Waals surface area contributed by atoms with Crippen LogP contribution in [-0.4, -0.2) is 11.0 Å². The largest absolute Gasteiger partial charge is 0.334 e. The number of nitrogens with one attached hydrogen (secondary N) is 2. The number of urea groups is 1. The summed E-state index contributed by atoms with van der Waals surface area (Å²) in [5.74, 6) is 0.641. The number of halogens is 1. The van der Waals surface area contributed by atoms with E-state index < -0.39 is 0 Å². The Hall–Kier alpha value is -1.10. The van der Waals surface area contributed by atoms with Crippen LogP contribution < -0.4 is 10.6 Å². The van der Waals surface area contributed by atoms with E-state index in [0.717, 1.165) is 10.0 Å². The van der Waals surface area contributed by atoms with Gasteiger partial charge in [0, 0.05) is 22.8 Å². The zero-order valence-corrected chi connectivity index (χ0v) is 10.4. The Bertz CT molecular complexity index is 355. The number of amides is 2.